The van der Waals surface area contributed by atoms with Crippen molar-refractivity contribution in [1.29, 1.82) is 0 Å². The van der Waals surface area contributed by atoms with Gasteiger partial charge in [0.2, 0.25) is 0 Å². The number of ether oxygens (including phenoxy) is 1. The quantitative estimate of drug-likeness (QED) is 0.254. The van der Waals surface area contributed by atoms with Crippen LogP contribution in [0.5, 0.6) is 5.75 Å². The van der Waals surface area contributed by atoms with Crippen LogP contribution >= 0.6 is 0 Å². The zero-order valence-electron chi connectivity index (χ0n) is 20.8. The maximum atomic E-state index is 5.94. The van der Waals surface area contributed by atoms with Gasteiger partial charge in [0, 0.05) is 18.5 Å². The van der Waals surface area contributed by atoms with E-state index in [4.69, 9.17) is 9.73 Å². The van der Waals surface area contributed by atoms with Crippen molar-refractivity contribution in [3.63, 3.8) is 0 Å². The number of benzene rings is 1. The van der Waals surface area contributed by atoms with Gasteiger partial charge in [-0.15, -0.1) is 6.58 Å². The summed E-state index contributed by atoms with van der Waals surface area (Å²) < 4.78 is 5.94. The second kappa shape index (κ2) is 15.0. The van der Waals surface area contributed by atoms with Gasteiger partial charge in [0.25, 0.3) is 0 Å². The fourth-order valence-corrected chi connectivity index (χ4v) is 3.08. The first-order valence-electron chi connectivity index (χ1n) is 11.6. The first-order chi connectivity index (χ1) is 15.4. The molecule has 0 saturated carbocycles. The van der Waals surface area contributed by atoms with Crippen LogP contribution in [0.25, 0.3) is 0 Å². The van der Waals surface area contributed by atoms with Crippen molar-refractivity contribution in [2.24, 2.45) is 10.9 Å². The number of rotatable bonds is 11. The molecule has 0 N–H and O–H groups in total. The molecule has 1 aliphatic heterocycles. The molecule has 2 heteroatoms. The van der Waals surface area contributed by atoms with Crippen LogP contribution in [0.4, 0.5) is 0 Å². The normalized spacial score (nSPS) is 14.5. The summed E-state index contributed by atoms with van der Waals surface area (Å²) >= 11 is 0. The van der Waals surface area contributed by atoms with Crippen LogP contribution in [-0.2, 0) is 6.42 Å². The molecule has 1 aromatic carbocycles. The largest absolute Gasteiger partial charge is 0.493 e. The lowest BCUT2D eigenvalue weighted by atomic mass is 9.96. The van der Waals surface area contributed by atoms with Crippen molar-refractivity contribution in [2.75, 3.05) is 6.61 Å². The fraction of sp³-hybridized carbons (Fsp3) is 0.367. The molecule has 1 atom stereocenters. The maximum Gasteiger partial charge on any atom is 0.119 e. The summed E-state index contributed by atoms with van der Waals surface area (Å²) in [6.45, 7) is 22.6. The highest BCUT2D eigenvalue weighted by atomic mass is 16.5. The number of allylic oxidation sites excluding steroid dienone is 8. The smallest absolute Gasteiger partial charge is 0.119 e. The van der Waals surface area contributed by atoms with Gasteiger partial charge in [-0.3, -0.25) is 4.99 Å². The SMILES string of the molecule is C=C/C(=C\C=C/C)C1=NC(CCOc2ccc(CC(C)C(=C)C)cc2)=C(C)C1.C=CCC. The maximum absolute atomic E-state index is 5.94. The highest BCUT2D eigenvalue weighted by Crippen LogP contribution is 2.26. The van der Waals surface area contributed by atoms with Gasteiger partial charge < -0.3 is 4.74 Å². The molecule has 1 aromatic rings. The van der Waals surface area contributed by atoms with E-state index in [0.29, 0.717) is 12.5 Å². The number of nitrogens with zero attached hydrogens (tertiary/aromatic N) is 1. The second-order valence-corrected chi connectivity index (χ2v) is 8.21. The van der Waals surface area contributed by atoms with Gasteiger partial charge in [0.1, 0.15) is 5.75 Å². The topological polar surface area (TPSA) is 21.6 Å². The minimum absolute atomic E-state index is 0.499. The second-order valence-electron chi connectivity index (χ2n) is 8.21. The summed E-state index contributed by atoms with van der Waals surface area (Å²) in [5, 5.41) is 0. The third-order valence-corrected chi connectivity index (χ3v) is 5.42. The fourth-order valence-electron chi connectivity index (χ4n) is 3.08. The summed E-state index contributed by atoms with van der Waals surface area (Å²) in [5.74, 6) is 1.41. The molecular weight excluding hydrogens is 390 g/mol. The van der Waals surface area contributed by atoms with Gasteiger partial charge in [0.15, 0.2) is 0 Å². The highest BCUT2D eigenvalue weighted by molar-refractivity contribution is 6.06. The molecule has 32 heavy (non-hydrogen) atoms. The Morgan fingerprint density at radius 2 is 1.88 bits per heavy atom. The van der Waals surface area contributed by atoms with E-state index in [-0.39, 0.29) is 0 Å². The van der Waals surface area contributed by atoms with Crippen molar-refractivity contribution < 1.29 is 4.74 Å². The predicted octanol–water partition coefficient (Wildman–Crippen LogP) is 8.60. The molecule has 1 unspecified atom stereocenters. The van der Waals surface area contributed by atoms with Crippen LogP contribution in [0.2, 0.25) is 0 Å². The third-order valence-electron chi connectivity index (χ3n) is 5.42. The van der Waals surface area contributed by atoms with Crippen LogP contribution in [0, 0.1) is 5.92 Å². The minimum atomic E-state index is 0.499. The first kappa shape index (κ1) is 27.2. The van der Waals surface area contributed by atoms with Gasteiger partial charge in [-0.1, -0.05) is 75.1 Å². The lowest BCUT2D eigenvalue weighted by molar-refractivity contribution is 0.321. The van der Waals surface area contributed by atoms with Crippen LogP contribution in [-0.4, -0.2) is 12.3 Å². The Bertz CT molecular complexity index is 878. The van der Waals surface area contributed by atoms with Crippen molar-refractivity contribution in [2.45, 2.75) is 60.3 Å². The number of hydrogen-bond acceptors (Lipinski definition) is 2. The monoisotopic (exact) mass is 431 g/mol. The molecule has 0 fully saturated rings. The molecule has 172 valence electrons. The zero-order chi connectivity index (χ0) is 23.9. The summed E-state index contributed by atoms with van der Waals surface area (Å²) in [6, 6.07) is 8.41. The summed E-state index contributed by atoms with van der Waals surface area (Å²) in [7, 11) is 0. The lowest BCUT2D eigenvalue weighted by Crippen LogP contribution is -2.01. The first-order valence-corrected chi connectivity index (χ1v) is 11.6. The van der Waals surface area contributed by atoms with Crippen molar-refractivity contribution >= 4 is 5.71 Å². The van der Waals surface area contributed by atoms with E-state index in [1.165, 1.54) is 16.7 Å². The van der Waals surface area contributed by atoms with E-state index in [1.54, 1.807) is 0 Å². The van der Waals surface area contributed by atoms with Gasteiger partial charge in [-0.2, -0.15) is 0 Å². The van der Waals surface area contributed by atoms with E-state index >= 15 is 0 Å². The molecule has 1 aliphatic rings. The molecule has 2 nitrogen and oxygen atoms in total. The van der Waals surface area contributed by atoms with Gasteiger partial charge in [-0.05, 0) is 68.4 Å². The van der Waals surface area contributed by atoms with Crippen LogP contribution in [0.15, 0.2) is 102 Å². The molecule has 0 radical (unpaired) electrons. The van der Waals surface area contributed by atoms with E-state index in [1.807, 2.05) is 31.2 Å². The Hall–Kier alpha value is -2.87. The summed E-state index contributed by atoms with van der Waals surface area (Å²) in [4.78, 5) is 4.82. The standard InChI is InChI=1S/C26H33NO.C4H8/c1-7-9-10-23(8-2)26-18-21(6)25(27-26)15-16-28-24-13-11-22(12-14-24)17-20(5)19(3)4;1-3-4-2/h7-14,20H,2-3,15-18H2,1,4-6H3;3H,1,4H2,2H3/b9-7-,23-10+;. The molecule has 2 rings (SSSR count). The molecular formula is C30H41NO. The Labute approximate surface area is 196 Å². The molecule has 0 aromatic heterocycles. The van der Waals surface area contributed by atoms with Gasteiger partial charge in [0.05, 0.1) is 12.3 Å². The molecule has 0 bridgehead atoms. The Morgan fingerprint density at radius 1 is 1.22 bits per heavy atom. The summed E-state index contributed by atoms with van der Waals surface area (Å²) in [5.41, 5.74) is 7.17. The molecule has 0 saturated heterocycles. The summed E-state index contributed by atoms with van der Waals surface area (Å²) in [6.07, 6.45) is 13.7. The van der Waals surface area contributed by atoms with Crippen LogP contribution < -0.4 is 4.74 Å². The van der Waals surface area contributed by atoms with Crippen molar-refractivity contribution in [1.82, 2.24) is 0 Å². The van der Waals surface area contributed by atoms with Gasteiger partial charge in [-0.25, -0.2) is 0 Å². The average molecular weight is 432 g/mol. The number of hydrogen-bond donors (Lipinski definition) is 0. The number of aliphatic imine (C=N–C) groups is 1. The molecule has 0 spiro atoms. The third kappa shape index (κ3) is 9.51. The van der Waals surface area contributed by atoms with Gasteiger partial charge >= 0.3 is 0 Å². The van der Waals surface area contributed by atoms with Crippen LogP contribution in [0.1, 0.15) is 59.4 Å². The van der Waals surface area contributed by atoms with Crippen molar-refractivity contribution in [3.8, 4) is 5.75 Å². The van der Waals surface area contributed by atoms with Crippen LogP contribution in [0.3, 0.4) is 0 Å². The Morgan fingerprint density at radius 3 is 2.41 bits per heavy atom. The zero-order valence-corrected chi connectivity index (χ0v) is 20.8. The minimum Gasteiger partial charge on any atom is -0.493 e. The van der Waals surface area contributed by atoms with E-state index in [2.05, 4.69) is 77.8 Å². The molecule has 0 amide bonds. The molecule has 1 heterocycles. The van der Waals surface area contributed by atoms with E-state index < -0.39 is 0 Å². The highest BCUT2D eigenvalue weighted by Gasteiger charge is 2.16. The van der Waals surface area contributed by atoms with E-state index in [0.717, 1.165) is 48.4 Å². The van der Waals surface area contributed by atoms with Crippen molar-refractivity contribution in [3.05, 3.63) is 102 Å². The average Bonchev–Trinajstić information content (AvgIpc) is 3.15. The Kier molecular flexibility index (Phi) is 12.7. The lowest BCUT2D eigenvalue weighted by Gasteiger charge is -2.12. The predicted molar refractivity (Wildman–Crippen MR) is 143 cm³/mol. The Balaban J connectivity index is 0.00000118. The van der Waals surface area contributed by atoms with E-state index in [9.17, 15) is 0 Å². The molecule has 0 aliphatic carbocycles.